The van der Waals surface area contributed by atoms with Crippen LogP contribution in [0.1, 0.15) is 24.5 Å². The molecule has 0 heterocycles. The minimum atomic E-state index is -0.346. The molecule has 0 saturated carbocycles. The van der Waals surface area contributed by atoms with E-state index in [0.29, 0.717) is 5.76 Å². The van der Waals surface area contributed by atoms with Crippen LogP contribution in [-0.2, 0) is 5.41 Å². The van der Waals surface area contributed by atoms with Crippen LogP contribution in [0.4, 0.5) is 0 Å². The lowest BCUT2D eigenvalue weighted by Crippen LogP contribution is -2.26. The first-order chi connectivity index (χ1) is 9.72. The van der Waals surface area contributed by atoms with Crippen molar-refractivity contribution in [2.45, 2.75) is 18.8 Å². The molecule has 2 aromatic rings. The van der Waals surface area contributed by atoms with Gasteiger partial charge in [0, 0.05) is 5.57 Å². The molecule has 0 amide bonds. The minimum Gasteiger partial charge on any atom is -0.511 e. The fourth-order valence-electron chi connectivity index (χ4n) is 2.80. The van der Waals surface area contributed by atoms with Gasteiger partial charge in [-0.1, -0.05) is 72.8 Å². The third-order valence-corrected chi connectivity index (χ3v) is 4.08. The molecule has 1 atom stereocenters. The Morgan fingerprint density at radius 3 is 2.15 bits per heavy atom. The summed E-state index contributed by atoms with van der Waals surface area (Å²) in [7, 11) is 0. The summed E-state index contributed by atoms with van der Waals surface area (Å²) >= 11 is 0. The second-order valence-corrected chi connectivity index (χ2v) is 5.43. The SMILES string of the molecule is CC1(c2ccccc2)CC=CC(c2ccccc2)=C1O. The number of hydrogen-bond acceptors (Lipinski definition) is 1. The molecule has 3 rings (SSSR count). The molecule has 1 unspecified atom stereocenters. The summed E-state index contributed by atoms with van der Waals surface area (Å²) in [5, 5.41) is 10.8. The van der Waals surface area contributed by atoms with Gasteiger partial charge < -0.3 is 5.11 Å². The largest absolute Gasteiger partial charge is 0.511 e. The predicted molar refractivity (Wildman–Crippen MR) is 83.5 cm³/mol. The van der Waals surface area contributed by atoms with Crippen LogP contribution in [0.3, 0.4) is 0 Å². The van der Waals surface area contributed by atoms with Gasteiger partial charge in [0.1, 0.15) is 5.76 Å². The standard InChI is InChI=1S/C19H18O/c1-19(16-11-6-3-7-12-16)14-8-13-17(18(19)20)15-9-4-2-5-10-15/h2-13,20H,14H2,1H3. The lowest BCUT2D eigenvalue weighted by atomic mass is 9.73. The smallest absolute Gasteiger partial charge is 0.111 e. The van der Waals surface area contributed by atoms with E-state index in [1.54, 1.807) is 0 Å². The van der Waals surface area contributed by atoms with Gasteiger partial charge in [-0.3, -0.25) is 0 Å². The highest BCUT2D eigenvalue weighted by molar-refractivity contribution is 5.78. The first-order valence-electron chi connectivity index (χ1n) is 6.93. The molecule has 0 aromatic heterocycles. The average Bonchev–Trinajstić information content (AvgIpc) is 2.52. The number of aliphatic hydroxyl groups is 1. The second kappa shape index (κ2) is 5.01. The third kappa shape index (κ3) is 2.05. The molecule has 2 aromatic carbocycles. The van der Waals surface area contributed by atoms with Crippen molar-refractivity contribution in [3.05, 3.63) is 89.7 Å². The van der Waals surface area contributed by atoms with E-state index in [1.165, 1.54) is 0 Å². The van der Waals surface area contributed by atoms with Crippen molar-refractivity contribution >= 4 is 5.57 Å². The van der Waals surface area contributed by atoms with Crippen LogP contribution in [0.5, 0.6) is 0 Å². The van der Waals surface area contributed by atoms with E-state index in [0.717, 1.165) is 23.1 Å². The Balaban J connectivity index is 2.12. The zero-order chi connectivity index (χ0) is 14.0. The molecule has 0 aliphatic heterocycles. The molecule has 1 heteroatoms. The minimum absolute atomic E-state index is 0.346. The first-order valence-corrected chi connectivity index (χ1v) is 6.93. The van der Waals surface area contributed by atoms with Crippen molar-refractivity contribution in [1.82, 2.24) is 0 Å². The van der Waals surface area contributed by atoms with Gasteiger partial charge >= 0.3 is 0 Å². The molecule has 1 N–H and O–H groups in total. The van der Waals surface area contributed by atoms with Gasteiger partial charge in [-0.05, 0) is 24.5 Å². The van der Waals surface area contributed by atoms with E-state index in [2.05, 4.69) is 25.1 Å². The van der Waals surface area contributed by atoms with Gasteiger partial charge in [-0.25, -0.2) is 0 Å². The molecule has 0 radical (unpaired) electrons. The second-order valence-electron chi connectivity index (χ2n) is 5.43. The summed E-state index contributed by atoms with van der Waals surface area (Å²) in [6.45, 7) is 2.10. The van der Waals surface area contributed by atoms with Crippen LogP contribution in [0, 0.1) is 0 Å². The van der Waals surface area contributed by atoms with Crippen molar-refractivity contribution in [1.29, 1.82) is 0 Å². The molecular formula is C19H18O. The monoisotopic (exact) mass is 262 g/mol. The van der Waals surface area contributed by atoms with Crippen molar-refractivity contribution in [2.24, 2.45) is 0 Å². The highest BCUT2D eigenvalue weighted by Crippen LogP contribution is 2.41. The highest BCUT2D eigenvalue weighted by atomic mass is 16.3. The maximum atomic E-state index is 10.8. The summed E-state index contributed by atoms with van der Waals surface area (Å²) in [6, 6.07) is 20.3. The molecule has 1 nitrogen and oxygen atoms in total. The Labute approximate surface area is 119 Å². The fraction of sp³-hybridized carbons (Fsp3) is 0.158. The molecule has 20 heavy (non-hydrogen) atoms. The molecule has 100 valence electrons. The predicted octanol–water partition coefficient (Wildman–Crippen LogP) is 4.87. The van der Waals surface area contributed by atoms with Crippen LogP contribution in [0.25, 0.3) is 5.57 Å². The van der Waals surface area contributed by atoms with Crippen LogP contribution >= 0.6 is 0 Å². The summed E-state index contributed by atoms with van der Waals surface area (Å²) in [6.07, 6.45) is 4.99. The maximum Gasteiger partial charge on any atom is 0.111 e. The summed E-state index contributed by atoms with van der Waals surface area (Å²) in [4.78, 5) is 0. The van der Waals surface area contributed by atoms with Gasteiger partial charge in [-0.15, -0.1) is 0 Å². The maximum absolute atomic E-state index is 10.8. The lowest BCUT2D eigenvalue weighted by molar-refractivity contribution is 0.308. The van der Waals surface area contributed by atoms with Crippen LogP contribution < -0.4 is 0 Å². The van der Waals surface area contributed by atoms with Crippen LogP contribution in [-0.4, -0.2) is 5.11 Å². The van der Waals surface area contributed by atoms with E-state index in [1.807, 2.05) is 54.6 Å². The zero-order valence-corrected chi connectivity index (χ0v) is 11.6. The number of benzene rings is 2. The van der Waals surface area contributed by atoms with E-state index in [4.69, 9.17) is 0 Å². The molecule has 0 fully saturated rings. The Hall–Kier alpha value is -2.28. The van der Waals surface area contributed by atoms with E-state index in [9.17, 15) is 5.11 Å². The third-order valence-electron chi connectivity index (χ3n) is 4.08. The van der Waals surface area contributed by atoms with E-state index < -0.39 is 0 Å². The van der Waals surface area contributed by atoms with Crippen molar-refractivity contribution in [3.8, 4) is 0 Å². The van der Waals surface area contributed by atoms with Gasteiger partial charge in [0.05, 0.1) is 5.41 Å². The fourth-order valence-corrected chi connectivity index (χ4v) is 2.80. The highest BCUT2D eigenvalue weighted by Gasteiger charge is 2.34. The number of aliphatic hydroxyl groups excluding tert-OH is 1. The van der Waals surface area contributed by atoms with E-state index >= 15 is 0 Å². The normalized spacial score (nSPS) is 22.1. The van der Waals surface area contributed by atoms with E-state index in [-0.39, 0.29) is 5.41 Å². The van der Waals surface area contributed by atoms with Crippen LogP contribution in [0.15, 0.2) is 78.6 Å². The van der Waals surface area contributed by atoms with Gasteiger partial charge in [0.2, 0.25) is 0 Å². The van der Waals surface area contributed by atoms with Crippen molar-refractivity contribution < 1.29 is 5.11 Å². The molecule has 0 bridgehead atoms. The van der Waals surface area contributed by atoms with Crippen LogP contribution in [0.2, 0.25) is 0 Å². The number of rotatable bonds is 2. The number of hydrogen-bond donors (Lipinski definition) is 1. The summed E-state index contributed by atoms with van der Waals surface area (Å²) < 4.78 is 0. The summed E-state index contributed by atoms with van der Waals surface area (Å²) in [5.74, 6) is 0.456. The lowest BCUT2D eigenvalue weighted by Gasteiger charge is -2.32. The Bertz CT molecular complexity index is 653. The Morgan fingerprint density at radius 1 is 0.900 bits per heavy atom. The van der Waals surface area contributed by atoms with Crippen molar-refractivity contribution in [3.63, 3.8) is 0 Å². The quantitative estimate of drug-likeness (QED) is 0.818. The van der Waals surface area contributed by atoms with Gasteiger partial charge in [0.25, 0.3) is 0 Å². The van der Waals surface area contributed by atoms with Gasteiger partial charge in [-0.2, -0.15) is 0 Å². The Morgan fingerprint density at radius 2 is 1.50 bits per heavy atom. The molecule has 0 saturated heterocycles. The van der Waals surface area contributed by atoms with Gasteiger partial charge in [0.15, 0.2) is 0 Å². The Kier molecular flexibility index (Phi) is 3.19. The molecule has 1 aliphatic carbocycles. The molecular weight excluding hydrogens is 244 g/mol. The van der Waals surface area contributed by atoms with Crippen molar-refractivity contribution in [2.75, 3.05) is 0 Å². The molecule has 0 spiro atoms. The summed E-state index contributed by atoms with van der Waals surface area (Å²) in [5.41, 5.74) is 2.78. The molecule has 1 aliphatic rings. The topological polar surface area (TPSA) is 20.2 Å². The average molecular weight is 262 g/mol. The first kappa shape index (κ1) is 12.7. The zero-order valence-electron chi connectivity index (χ0n) is 11.6. The number of allylic oxidation sites excluding steroid dienone is 4.